The molecule has 2 N–H and O–H groups in total. The predicted molar refractivity (Wildman–Crippen MR) is 93.6 cm³/mol. The van der Waals surface area contributed by atoms with Crippen LogP contribution in [0.3, 0.4) is 0 Å². The molecule has 2 rings (SSSR count). The normalized spacial score (nSPS) is 37.6. The number of ether oxygens (including phenoxy) is 3. The summed E-state index contributed by atoms with van der Waals surface area (Å²) in [6, 6.07) is -0.366. The van der Waals surface area contributed by atoms with Gasteiger partial charge in [-0.3, -0.25) is 9.59 Å². The van der Waals surface area contributed by atoms with E-state index in [4.69, 9.17) is 14.2 Å². The number of methoxy groups -OCH3 is 1. The van der Waals surface area contributed by atoms with Gasteiger partial charge in [0.2, 0.25) is 0 Å². The number of hydrogen-bond donors (Lipinski definition) is 2. The number of esters is 1. The average molecular weight is 370 g/mol. The molecule has 1 amide bonds. The molecular formula is C18H30N2O6. The Morgan fingerprint density at radius 1 is 1.15 bits per heavy atom. The summed E-state index contributed by atoms with van der Waals surface area (Å²) in [6.45, 7) is 6.29. The van der Waals surface area contributed by atoms with E-state index in [0.717, 1.165) is 13.0 Å². The van der Waals surface area contributed by atoms with Crippen LogP contribution >= 0.6 is 0 Å². The van der Waals surface area contributed by atoms with Gasteiger partial charge in [0.1, 0.15) is 18.3 Å². The molecule has 6 atom stereocenters. The van der Waals surface area contributed by atoms with Crippen molar-refractivity contribution in [2.45, 2.75) is 64.3 Å². The Balaban J connectivity index is 2.12. The molecule has 8 heteroatoms. The van der Waals surface area contributed by atoms with Gasteiger partial charge in [0.05, 0.1) is 12.1 Å². The summed E-state index contributed by atoms with van der Waals surface area (Å²) in [5.41, 5.74) is 0. The second-order valence-corrected chi connectivity index (χ2v) is 7.37. The molecule has 0 radical (unpaired) electrons. The van der Waals surface area contributed by atoms with E-state index >= 15 is 0 Å². The van der Waals surface area contributed by atoms with E-state index in [1.807, 2.05) is 6.92 Å². The third kappa shape index (κ3) is 5.41. The van der Waals surface area contributed by atoms with Gasteiger partial charge in [-0.25, -0.2) is 4.79 Å². The third-order valence-corrected chi connectivity index (χ3v) is 5.21. The van der Waals surface area contributed by atoms with E-state index in [9.17, 15) is 14.4 Å². The molecule has 0 aromatic rings. The fourth-order valence-electron chi connectivity index (χ4n) is 3.38. The number of rotatable bonds is 1. The van der Waals surface area contributed by atoms with Crippen molar-refractivity contribution < 1.29 is 28.6 Å². The number of cyclic esters (lactones) is 1. The van der Waals surface area contributed by atoms with Crippen molar-refractivity contribution in [1.82, 2.24) is 10.6 Å². The molecule has 0 saturated carbocycles. The van der Waals surface area contributed by atoms with Crippen molar-refractivity contribution in [1.29, 1.82) is 0 Å². The number of carbonyl (C=O) groups is 3. The van der Waals surface area contributed by atoms with Gasteiger partial charge in [-0.2, -0.15) is 0 Å². The number of hydrogen-bond acceptors (Lipinski definition) is 7. The van der Waals surface area contributed by atoms with Crippen molar-refractivity contribution in [2.24, 2.45) is 11.8 Å². The van der Waals surface area contributed by atoms with E-state index in [-0.39, 0.29) is 37.0 Å². The number of Topliss-reactive ketones (excluding diaryl/α,β-unsaturated/α-hetero) is 1. The van der Waals surface area contributed by atoms with Crippen LogP contribution in [0.5, 0.6) is 0 Å². The Bertz CT molecular complexity index is 526. The van der Waals surface area contributed by atoms with Crippen LogP contribution in [0.2, 0.25) is 0 Å². The molecule has 26 heavy (non-hydrogen) atoms. The second-order valence-electron chi connectivity index (χ2n) is 7.37. The van der Waals surface area contributed by atoms with E-state index in [1.54, 1.807) is 14.0 Å². The highest BCUT2D eigenvalue weighted by Gasteiger charge is 2.39. The van der Waals surface area contributed by atoms with Crippen molar-refractivity contribution in [3.8, 4) is 0 Å². The molecule has 8 nitrogen and oxygen atoms in total. The van der Waals surface area contributed by atoms with Crippen LogP contribution in [0.1, 0.15) is 40.0 Å². The maximum atomic E-state index is 12.3. The van der Waals surface area contributed by atoms with Crippen LogP contribution in [0.4, 0.5) is 4.79 Å². The summed E-state index contributed by atoms with van der Waals surface area (Å²) < 4.78 is 16.0. The van der Waals surface area contributed by atoms with Crippen LogP contribution in [-0.2, 0) is 23.8 Å². The lowest BCUT2D eigenvalue weighted by molar-refractivity contribution is -0.153. The maximum Gasteiger partial charge on any atom is 0.408 e. The zero-order valence-electron chi connectivity index (χ0n) is 15.9. The first-order valence-electron chi connectivity index (χ1n) is 9.24. The van der Waals surface area contributed by atoms with Gasteiger partial charge in [0, 0.05) is 19.6 Å². The molecule has 2 saturated heterocycles. The summed E-state index contributed by atoms with van der Waals surface area (Å²) in [5, 5.41) is 6.17. The predicted octanol–water partition coefficient (Wildman–Crippen LogP) is 1.02. The third-order valence-electron chi connectivity index (χ3n) is 5.21. The molecule has 0 aromatic carbocycles. The largest absolute Gasteiger partial charge is 0.461 e. The summed E-state index contributed by atoms with van der Waals surface area (Å²) in [5.74, 6) is -1.26. The van der Waals surface area contributed by atoms with Gasteiger partial charge in [-0.05, 0) is 39.2 Å². The van der Waals surface area contributed by atoms with Crippen LogP contribution < -0.4 is 10.6 Å². The Hall–Kier alpha value is -1.67. The van der Waals surface area contributed by atoms with E-state index in [1.165, 1.54) is 0 Å². The first-order chi connectivity index (χ1) is 12.3. The SMILES string of the molecule is CO[C@H]1CCC(=O)C(C)C(=O)OC[C@H]2OC(=O)N[C@@H]2[C@@H](C)NC[C@H](C)C1. The lowest BCUT2D eigenvalue weighted by Crippen LogP contribution is -2.50. The zero-order valence-corrected chi connectivity index (χ0v) is 15.9. The van der Waals surface area contributed by atoms with Gasteiger partial charge in [-0.15, -0.1) is 0 Å². The van der Waals surface area contributed by atoms with Crippen molar-refractivity contribution in [2.75, 3.05) is 20.3 Å². The molecule has 2 fully saturated rings. The van der Waals surface area contributed by atoms with Gasteiger partial charge in [-0.1, -0.05) is 6.92 Å². The number of alkyl carbamates (subject to hydrolysis) is 1. The summed E-state index contributed by atoms with van der Waals surface area (Å²) in [4.78, 5) is 36.1. The minimum atomic E-state index is -0.839. The number of carbonyl (C=O) groups excluding carboxylic acids is 3. The minimum Gasteiger partial charge on any atom is -0.461 e. The summed E-state index contributed by atoms with van der Waals surface area (Å²) in [6.07, 6.45) is 0.511. The monoisotopic (exact) mass is 370 g/mol. The van der Waals surface area contributed by atoms with Gasteiger partial charge in [0.15, 0.2) is 6.10 Å². The molecule has 2 heterocycles. The summed E-state index contributed by atoms with van der Waals surface area (Å²) in [7, 11) is 1.64. The topological polar surface area (TPSA) is 103 Å². The Kier molecular flexibility index (Phi) is 7.40. The molecule has 0 aliphatic carbocycles. The van der Waals surface area contributed by atoms with Crippen molar-refractivity contribution >= 4 is 17.8 Å². The maximum absolute atomic E-state index is 12.3. The highest BCUT2D eigenvalue weighted by Crippen LogP contribution is 2.18. The first-order valence-corrected chi connectivity index (χ1v) is 9.24. The lowest BCUT2D eigenvalue weighted by atomic mass is 9.96. The standard InChI is InChI=1S/C18H30N2O6/c1-10-7-13(24-4)5-6-14(21)11(2)17(22)25-9-15-16(12(3)19-8-10)20-18(23)26-15/h10-13,15-16,19H,5-9H2,1-4H3,(H,20,23)/t10-,11?,12-,13+,15-,16-/m1/s1. The van der Waals surface area contributed by atoms with Gasteiger partial charge >= 0.3 is 12.1 Å². The number of nitrogens with one attached hydrogen (secondary N) is 2. The molecule has 0 aromatic heterocycles. The minimum absolute atomic E-state index is 0.0401. The number of amides is 1. The highest BCUT2D eigenvalue weighted by molar-refractivity contribution is 5.98. The van der Waals surface area contributed by atoms with E-state index < -0.39 is 24.1 Å². The molecule has 0 bridgehead atoms. The first kappa shape index (κ1) is 20.6. The molecule has 0 spiro atoms. The quantitative estimate of drug-likeness (QED) is 0.525. The molecule has 148 valence electrons. The van der Waals surface area contributed by atoms with Crippen LogP contribution in [0.15, 0.2) is 0 Å². The molecule has 2 aliphatic rings. The fraction of sp³-hybridized carbons (Fsp3) is 0.833. The van der Waals surface area contributed by atoms with E-state index in [0.29, 0.717) is 12.3 Å². The Labute approximate surface area is 154 Å². The summed E-state index contributed by atoms with van der Waals surface area (Å²) >= 11 is 0. The molecule has 1 unspecified atom stereocenters. The second kappa shape index (κ2) is 9.32. The average Bonchev–Trinajstić information content (AvgIpc) is 3.00. The van der Waals surface area contributed by atoms with Crippen molar-refractivity contribution in [3.05, 3.63) is 0 Å². The molecule has 2 aliphatic heterocycles. The van der Waals surface area contributed by atoms with Crippen LogP contribution in [-0.4, -0.2) is 62.4 Å². The fourth-order valence-corrected chi connectivity index (χ4v) is 3.38. The number of ketones is 1. The lowest BCUT2D eigenvalue weighted by Gasteiger charge is -2.26. The van der Waals surface area contributed by atoms with Crippen LogP contribution in [0.25, 0.3) is 0 Å². The Morgan fingerprint density at radius 2 is 1.88 bits per heavy atom. The zero-order chi connectivity index (χ0) is 19.3. The van der Waals surface area contributed by atoms with Gasteiger partial charge in [0.25, 0.3) is 0 Å². The smallest absolute Gasteiger partial charge is 0.408 e. The highest BCUT2D eigenvalue weighted by atomic mass is 16.6. The van der Waals surface area contributed by atoms with Crippen LogP contribution in [0, 0.1) is 11.8 Å². The Morgan fingerprint density at radius 3 is 2.58 bits per heavy atom. The van der Waals surface area contributed by atoms with Gasteiger partial charge < -0.3 is 24.8 Å². The number of fused-ring (bicyclic) bond motifs is 1. The van der Waals surface area contributed by atoms with E-state index in [2.05, 4.69) is 17.6 Å². The van der Waals surface area contributed by atoms with Crippen molar-refractivity contribution in [3.63, 3.8) is 0 Å². The molecular weight excluding hydrogens is 340 g/mol.